The third-order valence-corrected chi connectivity index (χ3v) is 7.17. The highest BCUT2D eigenvalue weighted by Crippen LogP contribution is 2.47. The predicted octanol–water partition coefficient (Wildman–Crippen LogP) is 5.99. The van der Waals surface area contributed by atoms with Gasteiger partial charge in [0.25, 0.3) is 0 Å². The molecule has 0 spiro atoms. The first-order chi connectivity index (χ1) is 16.9. The number of hydrogen-bond donors (Lipinski definition) is 0. The molecule has 2 aromatic rings. The maximum atomic E-state index is 13.7. The van der Waals surface area contributed by atoms with E-state index in [0.717, 1.165) is 27.7 Å². The van der Waals surface area contributed by atoms with Gasteiger partial charge in [-0.1, -0.05) is 41.1 Å². The molecular formula is C28H30BrNO5. The monoisotopic (exact) mass is 539 g/mol. The molecule has 3 atom stereocenters. The molecule has 7 heteroatoms. The third-order valence-electron chi connectivity index (χ3n) is 6.68. The van der Waals surface area contributed by atoms with Gasteiger partial charge in [-0.05, 0) is 61.1 Å². The van der Waals surface area contributed by atoms with Gasteiger partial charge in [-0.25, -0.2) is 0 Å². The van der Waals surface area contributed by atoms with Crippen molar-refractivity contribution < 1.29 is 23.8 Å². The number of ketones is 1. The number of carbonyl (C=O) groups is 2. The Bertz CT molecular complexity index is 1200. The number of aliphatic imine (C=N–C) groups is 1. The van der Waals surface area contributed by atoms with Crippen LogP contribution in [0.25, 0.3) is 0 Å². The van der Waals surface area contributed by atoms with Gasteiger partial charge >= 0.3 is 5.97 Å². The summed E-state index contributed by atoms with van der Waals surface area (Å²) in [6.45, 7) is 4.16. The van der Waals surface area contributed by atoms with E-state index in [4.69, 9.17) is 19.2 Å². The standard InChI is InChI=1S/C28H30BrNO5/c1-5-11-35-28(32)25-16(2)30-21-13-19(17-9-10-23(33-3)24(15-17)34-4)14-22(31)27(21)26(25)18-7-6-8-20(29)12-18/h6-10,12,15,19,25-26H,5,11,13-14H2,1-4H3/t19-,25?,26+/m1/s1. The van der Waals surface area contributed by atoms with E-state index in [0.29, 0.717) is 42.2 Å². The number of benzene rings is 2. The van der Waals surface area contributed by atoms with Gasteiger partial charge in [-0.15, -0.1) is 0 Å². The highest BCUT2D eigenvalue weighted by atomic mass is 79.9. The summed E-state index contributed by atoms with van der Waals surface area (Å²) in [6.07, 6.45) is 1.68. The summed E-state index contributed by atoms with van der Waals surface area (Å²) in [5.74, 6) is -0.136. The van der Waals surface area contributed by atoms with E-state index >= 15 is 0 Å². The first-order valence-corrected chi connectivity index (χ1v) is 12.6. The van der Waals surface area contributed by atoms with Crippen LogP contribution in [0.5, 0.6) is 11.5 Å². The van der Waals surface area contributed by atoms with E-state index < -0.39 is 11.8 Å². The van der Waals surface area contributed by atoms with Crippen LogP contribution in [0.15, 0.2) is 63.2 Å². The van der Waals surface area contributed by atoms with Crippen molar-refractivity contribution in [3.63, 3.8) is 0 Å². The fraction of sp³-hybridized carbons (Fsp3) is 0.393. The topological polar surface area (TPSA) is 74.2 Å². The zero-order chi connectivity index (χ0) is 25.1. The number of nitrogens with zero attached hydrogens (tertiary/aromatic N) is 1. The Morgan fingerprint density at radius 2 is 1.83 bits per heavy atom. The number of Topliss-reactive ketones (excluding diaryl/α,β-unsaturated/α-hetero) is 1. The molecule has 0 amide bonds. The second kappa shape index (κ2) is 10.8. The molecule has 1 aliphatic carbocycles. The van der Waals surface area contributed by atoms with Gasteiger partial charge in [0.05, 0.1) is 20.8 Å². The van der Waals surface area contributed by atoms with E-state index in [9.17, 15) is 9.59 Å². The Morgan fingerprint density at radius 1 is 1.06 bits per heavy atom. The normalized spacial score (nSPS) is 21.8. The number of halogens is 1. The highest BCUT2D eigenvalue weighted by molar-refractivity contribution is 9.10. The van der Waals surface area contributed by atoms with Crippen LogP contribution >= 0.6 is 15.9 Å². The second-order valence-electron chi connectivity index (χ2n) is 8.93. The van der Waals surface area contributed by atoms with Crippen molar-refractivity contribution in [3.05, 3.63) is 69.3 Å². The number of ether oxygens (including phenoxy) is 3. The number of esters is 1. The molecule has 0 saturated heterocycles. The maximum Gasteiger partial charge on any atom is 0.315 e. The second-order valence-corrected chi connectivity index (χ2v) is 9.85. The van der Waals surface area contributed by atoms with Crippen molar-refractivity contribution >= 4 is 33.4 Å². The molecular weight excluding hydrogens is 510 g/mol. The molecule has 2 aliphatic rings. The Balaban J connectivity index is 1.76. The molecule has 0 bridgehead atoms. The van der Waals surface area contributed by atoms with Crippen molar-refractivity contribution in [2.75, 3.05) is 20.8 Å². The van der Waals surface area contributed by atoms with Crippen molar-refractivity contribution in [1.29, 1.82) is 0 Å². The molecule has 184 valence electrons. The lowest BCUT2D eigenvalue weighted by atomic mass is 9.69. The minimum absolute atomic E-state index is 0.0144. The SMILES string of the molecule is CCCOC(=O)C1C(C)=NC2=C(C(=O)C[C@H](c3ccc(OC)c(OC)c3)C2)[C@H]1c1cccc(Br)c1. The Labute approximate surface area is 214 Å². The summed E-state index contributed by atoms with van der Waals surface area (Å²) in [5.41, 5.74) is 3.96. The molecule has 0 fully saturated rings. The van der Waals surface area contributed by atoms with Crippen molar-refractivity contribution in [2.45, 2.75) is 44.9 Å². The van der Waals surface area contributed by atoms with Crippen molar-refractivity contribution in [2.24, 2.45) is 10.9 Å². The molecule has 35 heavy (non-hydrogen) atoms. The van der Waals surface area contributed by atoms with E-state index in [1.54, 1.807) is 14.2 Å². The predicted molar refractivity (Wildman–Crippen MR) is 138 cm³/mol. The van der Waals surface area contributed by atoms with Crippen LogP contribution in [-0.2, 0) is 14.3 Å². The Morgan fingerprint density at radius 3 is 2.51 bits per heavy atom. The summed E-state index contributed by atoms with van der Waals surface area (Å²) in [5, 5.41) is 0. The molecule has 0 N–H and O–H groups in total. The fourth-order valence-corrected chi connectivity index (χ4v) is 5.48. The van der Waals surface area contributed by atoms with E-state index in [-0.39, 0.29) is 17.7 Å². The van der Waals surface area contributed by atoms with E-state index in [2.05, 4.69) is 15.9 Å². The minimum Gasteiger partial charge on any atom is -0.493 e. The molecule has 0 radical (unpaired) electrons. The van der Waals surface area contributed by atoms with Crippen molar-refractivity contribution in [1.82, 2.24) is 0 Å². The highest BCUT2D eigenvalue weighted by Gasteiger charge is 2.44. The average molecular weight is 540 g/mol. The van der Waals surface area contributed by atoms with Crippen LogP contribution in [-0.4, -0.2) is 38.3 Å². The van der Waals surface area contributed by atoms with Gasteiger partial charge in [-0.2, -0.15) is 0 Å². The summed E-state index contributed by atoms with van der Waals surface area (Å²) in [6, 6.07) is 13.6. The molecule has 0 saturated carbocycles. The fourth-order valence-electron chi connectivity index (χ4n) is 5.06. The number of hydrogen-bond acceptors (Lipinski definition) is 6. The summed E-state index contributed by atoms with van der Waals surface area (Å²) in [4.78, 5) is 31.7. The van der Waals surface area contributed by atoms with E-state index in [1.807, 2.05) is 56.3 Å². The Hall–Kier alpha value is -2.93. The molecule has 2 aromatic carbocycles. The number of methoxy groups -OCH3 is 2. The zero-order valence-corrected chi connectivity index (χ0v) is 22.1. The molecule has 1 heterocycles. The molecule has 6 nitrogen and oxygen atoms in total. The van der Waals surface area contributed by atoms with Gasteiger partial charge in [0.2, 0.25) is 0 Å². The Kier molecular flexibility index (Phi) is 7.75. The third kappa shape index (κ3) is 5.06. The lowest BCUT2D eigenvalue weighted by molar-refractivity contribution is -0.146. The molecule has 1 unspecified atom stereocenters. The quantitative estimate of drug-likeness (QED) is 0.403. The summed E-state index contributed by atoms with van der Waals surface area (Å²) >= 11 is 3.54. The van der Waals surface area contributed by atoms with Crippen LogP contribution in [0.2, 0.25) is 0 Å². The van der Waals surface area contributed by atoms with Gasteiger partial charge in [0, 0.05) is 33.8 Å². The minimum atomic E-state index is -0.629. The first kappa shape index (κ1) is 25.2. The lowest BCUT2D eigenvalue weighted by Crippen LogP contribution is -2.38. The maximum absolute atomic E-state index is 13.7. The van der Waals surface area contributed by atoms with Gasteiger partial charge in [-0.3, -0.25) is 14.6 Å². The number of allylic oxidation sites excluding steroid dienone is 2. The smallest absolute Gasteiger partial charge is 0.315 e. The molecule has 0 aromatic heterocycles. The average Bonchev–Trinajstić information content (AvgIpc) is 2.85. The van der Waals surface area contributed by atoms with Crippen LogP contribution in [0.4, 0.5) is 0 Å². The lowest BCUT2D eigenvalue weighted by Gasteiger charge is -2.36. The summed E-state index contributed by atoms with van der Waals surface area (Å²) in [7, 11) is 3.20. The number of rotatable bonds is 7. The first-order valence-electron chi connectivity index (χ1n) is 11.8. The van der Waals surface area contributed by atoms with Crippen molar-refractivity contribution in [3.8, 4) is 11.5 Å². The van der Waals surface area contributed by atoms with Crippen LogP contribution in [0.1, 0.15) is 56.1 Å². The molecule has 1 aliphatic heterocycles. The largest absolute Gasteiger partial charge is 0.493 e. The van der Waals surface area contributed by atoms with Crippen LogP contribution in [0, 0.1) is 5.92 Å². The van der Waals surface area contributed by atoms with Crippen LogP contribution in [0.3, 0.4) is 0 Å². The van der Waals surface area contributed by atoms with E-state index in [1.165, 1.54) is 0 Å². The van der Waals surface area contributed by atoms with Gasteiger partial charge in [0.15, 0.2) is 17.3 Å². The molecule has 4 rings (SSSR count). The number of carbonyl (C=O) groups excluding carboxylic acids is 2. The van der Waals surface area contributed by atoms with Crippen LogP contribution < -0.4 is 9.47 Å². The van der Waals surface area contributed by atoms with Gasteiger partial charge in [0.1, 0.15) is 5.92 Å². The van der Waals surface area contributed by atoms with Gasteiger partial charge < -0.3 is 14.2 Å². The summed E-state index contributed by atoms with van der Waals surface area (Å²) < 4.78 is 17.3. The zero-order valence-electron chi connectivity index (χ0n) is 20.5.